The Hall–Kier alpha value is -3.06. The number of carbonyl (C=O) groups is 1. The third kappa shape index (κ3) is 3.94. The molecule has 0 aliphatic carbocycles. The van der Waals surface area contributed by atoms with Crippen LogP contribution in [0.3, 0.4) is 0 Å². The number of hydrogen-bond acceptors (Lipinski definition) is 4. The van der Waals surface area contributed by atoms with Crippen molar-refractivity contribution >= 4 is 34.8 Å². The SMILES string of the molecule is Cc1ccc(Nc2nccc(C(=O)Nc3c(F)cccc3F)n2)cc1Cl. The molecule has 0 radical (unpaired) electrons. The molecular weight excluding hydrogens is 362 g/mol. The molecule has 132 valence electrons. The molecule has 1 aromatic heterocycles. The van der Waals surface area contributed by atoms with Crippen LogP contribution in [0.5, 0.6) is 0 Å². The molecule has 0 spiro atoms. The van der Waals surface area contributed by atoms with Crippen LogP contribution in [0.15, 0.2) is 48.7 Å². The maximum Gasteiger partial charge on any atom is 0.274 e. The number of nitrogens with zero attached hydrogens (tertiary/aromatic N) is 2. The maximum absolute atomic E-state index is 13.7. The molecule has 3 aromatic rings. The van der Waals surface area contributed by atoms with Crippen LogP contribution < -0.4 is 10.6 Å². The van der Waals surface area contributed by atoms with E-state index in [1.54, 1.807) is 12.1 Å². The van der Waals surface area contributed by atoms with Gasteiger partial charge >= 0.3 is 0 Å². The number of benzene rings is 2. The highest BCUT2D eigenvalue weighted by Gasteiger charge is 2.15. The van der Waals surface area contributed by atoms with E-state index in [2.05, 4.69) is 20.6 Å². The Bertz CT molecular complexity index is 961. The maximum atomic E-state index is 13.7. The number of aryl methyl sites for hydroxylation is 1. The fourth-order valence-corrected chi connectivity index (χ4v) is 2.32. The Balaban J connectivity index is 1.80. The summed E-state index contributed by atoms with van der Waals surface area (Å²) in [6.45, 7) is 1.87. The summed E-state index contributed by atoms with van der Waals surface area (Å²) < 4.78 is 27.3. The Kier molecular flexibility index (Phi) is 5.09. The molecule has 1 amide bonds. The minimum Gasteiger partial charge on any atom is -0.324 e. The van der Waals surface area contributed by atoms with E-state index >= 15 is 0 Å². The number of rotatable bonds is 4. The standard InChI is InChI=1S/C18H13ClF2N4O/c1-10-5-6-11(9-12(10)19)23-18-22-8-7-15(24-18)17(26)25-16-13(20)3-2-4-14(16)21/h2-9H,1H3,(H,25,26)(H,22,23,24). The lowest BCUT2D eigenvalue weighted by Crippen LogP contribution is -2.16. The zero-order chi connectivity index (χ0) is 18.7. The predicted octanol–water partition coefficient (Wildman–Crippen LogP) is 4.71. The Morgan fingerprint density at radius 1 is 1.12 bits per heavy atom. The number of hydrogen-bond donors (Lipinski definition) is 2. The van der Waals surface area contributed by atoms with E-state index in [-0.39, 0.29) is 11.6 Å². The summed E-state index contributed by atoms with van der Waals surface area (Å²) in [5, 5.41) is 5.66. The first kappa shape index (κ1) is 17.8. The third-order valence-corrected chi connectivity index (χ3v) is 3.92. The van der Waals surface area contributed by atoms with Crippen molar-refractivity contribution in [2.75, 3.05) is 10.6 Å². The van der Waals surface area contributed by atoms with E-state index in [0.717, 1.165) is 17.7 Å². The number of halogens is 3. The second-order valence-corrected chi connectivity index (χ2v) is 5.81. The molecule has 2 N–H and O–H groups in total. The van der Waals surface area contributed by atoms with Crippen LogP contribution in [0, 0.1) is 18.6 Å². The highest BCUT2D eigenvalue weighted by molar-refractivity contribution is 6.31. The van der Waals surface area contributed by atoms with E-state index in [1.807, 2.05) is 13.0 Å². The molecule has 5 nitrogen and oxygen atoms in total. The first-order valence-corrected chi connectivity index (χ1v) is 7.93. The topological polar surface area (TPSA) is 66.9 Å². The van der Waals surface area contributed by atoms with Gasteiger partial charge in [0, 0.05) is 16.9 Å². The molecule has 8 heteroatoms. The molecule has 0 fully saturated rings. The molecule has 0 saturated carbocycles. The summed E-state index contributed by atoms with van der Waals surface area (Å²) in [5.74, 6) is -2.37. The Labute approximate surface area is 153 Å². The lowest BCUT2D eigenvalue weighted by molar-refractivity contribution is 0.102. The van der Waals surface area contributed by atoms with Crippen molar-refractivity contribution in [3.63, 3.8) is 0 Å². The predicted molar refractivity (Wildman–Crippen MR) is 95.8 cm³/mol. The van der Waals surface area contributed by atoms with Gasteiger partial charge < -0.3 is 10.6 Å². The van der Waals surface area contributed by atoms with Gasteiger partial charge in [0.15, 0.2) is 0 Å². The molecule has 0 aliphatic heterocycles. The summed E-state index contributed by atoms with van der Waals surface area (Å²) in [6, 6.07) is 9.94. The van der Waals surface area contributed by atoms with Crippen molar-refractivity contribution in [2.45, 2.75) is 6.92 Å². The fraction of sp³-hybridized carbons (Fsp3) is 0.0556. The monoisotopic (exact) mass is 374 g/mol. The zero-order valence-electron chi connectivity index (χ0n) is 13.6. The van der Waals surface area contributed by atoms with Crippen LogP contribution in [-0.2, 0) is 0 Å². The molecule has 0 atom stereocenters. The summed E-state index contributed by atoms with van der Waals surface area (Å²) in [6.07, 6.45) is 1.36. The van der Waals surface area contributed by atoms with Gasteiger partial charge in [-0.05, 0) is 42.8 Å². The first-order valence-electron chi connectivity index (χ1n) is 7.55. The van der Waals surface area contributed by atoms with Gasteiger partial charge in [-0.2, -0.15) is 0 Å². The number of para-hydroxylation sites is 1. The van der Waals surface area contributed by atoms with Crippen molar-refractivity contribution in [3.8, 4) is 0 Å². The second-order valence-electron chi connectivity index (χ2n) is 5.41. The summed E-state index contributed by atoms with van der Waals surface area (Å²) >= 11 is 6.07. The Morgan fingerprint density at radius 3 is 2.54 bits per heavy atom. The van der Waals surface area contributed by atoms with E-state index in [9.17, 15) is 13.6 Å². The average molecular weight is 375 g/mol. The minimum atomic E-state index is -0.875. The summed E-state index contributed by atoms with van der Waals surface area (Å²) in [7, 11) is 0. The van der Waals surface area contributed by atoms with Gasteiger partial charge in [-0.1, -0.05) is 23.7 Å². The van der Waals surface area contributed by atoms with Crippen LogP contribution in [0.2, 0.25) is 5.02 Å². The molecule has 0 saturated heterocycles. The molecule has 0 bridgehead atoms. The van der Waals surface area contributed by atoms with E-state index in [0.29, 0.717) is 10.7 Å². The molecule has 26 heavy (non-hydrogen) atoms. The zero-order valence-corrected chi connectivity index (χ0v) is 14.3. The van der Waals surface area contributed by atoms with Crippen LogP contribution in [0.1, 0.15) is 16.1 Å². The quantitative estimate of drug-likeness (QED) is 0.694. The number of carbonyl (C=O) groups excluding carboxylic acids is 1. The summed E-state index contributed by atoms with van der Waals surface area (Å²) in [5.41, 5.74) is 0.968. The average Bonchev–Trinajstić information content (AvgIpc) is 2.61. The highest BCUT2D eigenvalue weighted by atomic mass is 35.5. The number of amides is 1. The number of nitrogens with one attached hydrogen (secondary N) is 2. The molecular formula is C18H13ClF2N4O. The Morgan fingerprint density at radius 2 is 1.85 bits per heavy atom. The molecule has 1 heterocycles. The van der Waals surface area contributed by atoms with E-state index < -0.39 is 23.2 Å². The number of anilines is 3. The molecule has 0 unspecified atom stereocenters. The van der Waals surface area contributed by atoms with Gasteiger partial charge in [0.25, 0.3) is 5.91 Å². The van der Waals surface area contributed by atoms with Gasteiger partial charge in [0.05, 0.1) is 0 Å². The highest BCUT2D eigenvalue weighted by Crippen LogP contribution is 2.22. The van der Waals surface area contributed by atoms with Crippen molar-refractivity contribution in [3.05, 3.63) is 76.6 Å². The van der Waals surface area contributed by atoms with Crippen LogP contribution in [-0.4, -0.2) is 15.9 Å². The van der Waals surface area contributed by atoms with Crippen LogP contribution in [0.4, 0.5) is 26.1 Å². The molecule has 3 rings (SSSR count). The van der Waals surface area contributed by atoms with Crippen molar-refractivity contribution in [2.24, 2.45) is 0 Å². The third-order valence-electron chi connectivity index (χ3n) is 3.52. The molecule has 0 aliphatic rings. The normalized spacial score (nSPS) is 10.5. The largest absolute Gasteiger partial charge is 0.324 e. The first-order chi connectivity index (χ1) is 12.4. The lowest BCUT2D eigenvalue weighted by atomic mass is 10.2. The smallest absolute Gasteiger partial charge is 0.274 e. The lowest BCUT2D eigenvalue weighted by Gasteiger charge is -2.09. The molecule has 2 aromatic carbocycles. The van der Waals surface area contributed by atoms with E-state index in [1.165, 1.54) is 18.3 Å². The van der Waals surface area contributed by atoms with Gasteiger partial charge in [-0.3, -0.25) is 4.79 Å². The summed E-state index contributed by atoms with van der Waals surface area (Å²) in [4.78, 5) is 20.3. The van der Waals surface area contributed by atoms with Gasteiger partial charge in [0.1, 0.15) is 23.0 Å². The van der Waals surface area contributed by atoms with Crippen molar-refractivity contribution in [1.82, 2.24) is 9.97 Å². The van der Waals surface area contributed by atoms with Crippen molar-refractivity contribution in [1.29, 1.82) is 0 Å². The van der Waals surface area contributed by atoms with E-state index in [4.69, 9.17) is 11.6 Å². The van der Waals surface area contributed by atoms with Gasteiger partial charge in [0.2, 0.25) is 5.95 Å². The fourth-order valence-electron chi connectivity index (χ4n) is 2.14. The minimum absolute atomic E-state index is 0.0524. The second kappa shape index (κ2) is 7.45. The van der Waals surface area contributed by atoms with Gasteiger partial charge in [-0.25, -0.2) is 18.7 Å². The number of aromatic nitrogens is 2. The van der Waals surface area contributed by atoms with Gasteiger partial charge in [-0.15, -0.1) is 0 Å². The van der Waals surface area contributed by atoms with Crippen molar-refractivity contribution < 1.29 is 13.6 Å². The van der Waals surface area contributed by atoms with Crippen LogP contribution in [0.25, 0.3) is 0 Å². The van der Waals surface area contributed by atoms with Crippen LogP contribution >= 0.6 is 11.6 Å².